The minimum atomic E-state index is 0.139. The first-order valence-corrected chi connectivity index (χ1v) is 8.71. The highest BCUT2D eigenvalue weighted by molar-refractivity contribution is 5.78. The summed E-state index contributed by atoms with van der Waals surface area (Å²) in [7, 11) is 0. The first-order valence-electron chi connectivity index (χ1n) is 8.71. The quantitative estimate of drug-likeness (QED) is 0.925. The summed E-state index contributed by atoms with van der Waals surface area (Å²) < 4.78 is 5.35. The average Bonchev–Trinajstić information content (AvgIpc) is 2.62. The number of nitrogens with one attached hydrogen (secondary N) is 1. The van der Waals surface area contributed by atoms with Gasteiger partial charge in [-0.25, -0.2) is 0 Å². The van der Waals surface area contributed by atoms with E-state index in [2.05, 4.69) is 35.6 Å². The van der Waals surface area contributed by atoms with Crippen molar-refractivity contribution in [3.63, 3.8) is 0 Å². The number of carbonyl (C=O) groups is 1. The Bertz CT molecular complexity index is 473. The van der Waals surface area contributed by atoms with Crippen molar-refractivity contribution in [3.8, 4) is 0 Å². The number of ether oxygens (including phenoxy) is 1. The van der Waals surface area contributed by atoms with E-state index in [1.54, 1.807) is 0 Å². The monoisotopic (exact) mass is 301 g/mol. The molecule has 1 saturated carbocycles. The molecule has 0 atom stereocenters. The largest absolute Gasteiger partial charge is 0.381 e. The summed E-state index contributed by atoms with van der Waals surface area (Å²) in [5.41, 5.74) is 1.53. The molecule has 1 aromatic rings. The second-order valence-corrected chi connectivity index (χ2v) is 6.81. The molecule has 3 rings (SSSR count). The van der Waals surface area contributed by atoms with Crippen LogP contribution in [0.25, 0.3) is 0 Å². The molecule has 1 amide bonds. The van der Waals surface area contributed by atoms with E-state index in [4.69, 9.17) is 4.74 Å². The highest BCUT2D eigenvalue weighted by Gasteiger charge is 2.34. The first-order chi connectivity index (χ1) is 10.8. The molecule has 0 unspecified atom stereocenters. The van der Waals surface area contributed by atoms with Crippen LogP contribution in [0.5, 0.6) is 0 Å². The molecule has 1 N–H and O–H groups in total. The van der Waals surface area contributed by atoms with Gasteiger partial charge in [-0.05, 0) is 31.2 Å². The Morgan fingerprint density at radius 1 is 1.09 bits per heavy atom. The molecule has 1 aromatic carbocycles. The number of rotatable bonds is 4. The molecular weight excluding hydrogens is 274 g/mol. The highest BCUT2D eigenvalue weighted by atomic mass is 16.5. The summed E-state index contributed by atoms with van der Waals surface area (Å²) in [6, 6.07) is 10.8. The lowest BCUT2D eigenvalue weighted by Crippen LogP contribution is -2.44. The molecule has 0 aromatic heterocycles. The molecule has 0 spiro atoms. The summed E-state index contributed by atoms with van der Waals surface area (Å²) in [6.07, 6.45) is 7.96. The lowest BCUT2D eigenvalue weighted by atomic mass is 9.69. The maximum atomic E-state index is 12.4. The minimum Gasteiger partial charge on any atom is -0.381 e. The van der Waals surface area contributed by atoms with E-state index in [1.807, 2.05) is 0 Å². The molecule has 120 valence electrons. The van der Waals surface area contributed by atoms with Crippen molar-refractivity contribution in [3.05, 3.63) is 35.9 Å². The van der Waals surface area contributed by atoms with Crippen molar-refractivity contribution in [2.75, 3.05) is 19.8 Å². The van der Waals surface area contributed by atoms with E-state index >= 15 is 0 Å². The number of carbonyl (C=O) groups excluding carboxylic acids is 1. The van der Waals surface area contributed by atoms with Crippen LogP contribution in [0.4, 0.5) is 0 Å². The lowest BCUT2D eigenvalue weighted by Gasteiger charge is -2.38. The van der Waals surface area contributed by atoms with Crippen LogP contribution in [-0.2, 0) is 14.9 Å². The van der Waals surface area contributed by atoms with E-state index in [1.165, 1.54) is 37.7 Å². The van der Waals surface area contributed by atoms with Crippen LogP contribution in [0.3, 0.4) is 0 Å². The number of amides is 1. The number of hydrogen-bond acceptors (Lipinski definition) is 2. The molecule has 1 saturated heterocycles. The number of hydrogen-bond donors (Lipinski definition) is 1. The minimum absolute atomic E-state index is 0.139. The Balaban J connectivity index is 1.67. The highest BCUT2D eigenvalue weighted by Crippen LogP contribution is 2.39. The van der Waals surface area contributed by atoms with Crippen molar-refractivity contribution < 1.29 is 9.53 Å². The van der Waals surface area contributed by atoms with Gasteiger partial charge in [-0.2, -0.15) is 0 Å². The predicted octanol–water partition coefficient (Wildman–Crippen LogP) is 3.43. The standard InChI is InChI=1S/C19H27NO2/c21-18(16-9-13-22-14-10-16)20-15-19(11-5-2-6-12-19)17-7-3-1-4-8-17/h1,3-4,7-8,16H,2,5-6,9-15H2,(H,20,21). The van der Waals surface area contributed by atoms with Gasteiger partial charge in [0.25, 0.3) is 0 Å². The molecule has 1 aliphatic carbocycles. The van der Waals surface area contributed by atoms with Crippen LogP contribution in [0, 0.1) is 5.92 Å². The van der Waals surface area contributed by atoms with Gasteiger partial charge in [0.1, 0.15) is 0 Å². The van der Waals surface area contributed by atoms with Gasteiger partial charge < -0.3 is 10.1 Å². The Morgan fingerprint density at radius 2 is 1.77 bits per heavy atom. The summed E-state index contributed by atoms with van der Waals surface area (Å²) in [5, 5.41) is 3.27. The average molecular weight is 301 g/mol. The molecule has 3 heteroatoms. The zero-order valence-corrected chi connectivity index (χ0v) is 13.4. The van der Waals surface area contributed by atoms with Crippen LogP contribution in [0.15, 0.2) is 30.3 Å². The van der Waals surface area contributed by atoms with Gasteiger partial charge in [-0.15, -0.1) is 0 Å². The van der Waals surface area contributed by atoms with Crippen molar-refractivity contribution in [1.29, 1.82) is 0 Å². The van der Waals surface area contributed by atoms with Crippen molar-refractivity contribution >= 4 is 5.91 Å². The van der Waals surface area contributed by atoms with Crippen LogP contribution in [-0.4, -0.2) is 25.7 Å². The van der Waals surface area contributed by atoms with Gasteiger partial charge in [-0.1, -0.05) is 49.6 Å². The third-order valence-electron chi connectivity index (χ3n) is 5.39. The molecule has 2 aliphatic rings. The summed E-state index contributed by atoms with van der Waals surface area (Å²) in [4.78, 5) is 12.4. The Hall–Kier alpha value is -1.35. The zero-order valence-electron chi connectivity index (χ0n) is 13.4. The van der Waals surface area contributed by atoms with Crippen LogP contribution in [0.2, 0.25) is 0 Å². The molecule has 0 bridgehead atoms. The number of benzene rings is 1. The maximum absolute atomic E-state index is 12.4. The van der Waals surface area contributed by atoms with E-state index < -0.39 is 0 Å². The second kappa shape index (κ2) is 7.28. The van der Waals surface area contributed by atoms with Crippen LogP contribution >= 0.6 is 0 Å². The first kappa shape index (κ1) is 15.5. The normalized spacial score (nSPS) is 22.2. The van der Waals surface area contributed by atoms with E-state index in [0.29, 0.717) is 0 Å². The van der Waals surface area contributed by atoms with E-state index in [9.17, 15) is 4.79 Å². The molecule has 3 nitrogen and oxygen atoms in total. The van der Waals surface area contributed by atoms with Gasteiger partial charge in [0.2, 0.25) is 5.91 Å². The van der Waals surface area contributed by atoms with Crippen molar-refractivity contribution in [1.82, 2.24) is 5.32 Å². The van der Waals surface area contributed by atoms with E-state index in [0.717, 1.165) is 32.6 Å². The molecule has 0 radical (unpaired) electrons. The summed E-state index contributed by atoms with van der Waals surface area (Å²) >= 11 is 0. The third kappa shape index (κ3) is 3.52. The second-order valence-electron chi connectivity index (χ2n) is 6.81. The van der Waals surface area contributed by atoms with Crippen molar-refractivity contribution in [2.45, 2.75) is 50.4 Å². The van der Waals surface area contributed by atoms with Gasteiger partial charge in [-0.3, -0.25) is 4.79 Å². The van der Waals surface area contributed by atoms with Crippen molar-refractivity contribution in [2.24, 2.45) is 5.92 Å². The van der Waals surface area contributed by atoms with Crippen LogP contribution in [0.1, 0.15) is 50.5 Å². The van der Waals surface area contributed by atoms with Crippen LogP contribution < -0.4 is 5.32 Å². The van der Waals surface area contributed by atoms with Gasteiger partial charge >= 0.3 is 0 Å². The lowest BCUT2D eigenvalue weighted by molar-refractivity contribution is -0.128. The molecule has 1 aliphatic heterocycles. The van der Waals surface area contributed by atoms with Gasteiger partial charge in [0, 0.05) is 31.1 Å². The fourth-order valence-corrected chi connectivity index (χ4v) is 3.95. The molecular formula is C19H27NO2. The zero-order chi connectivity index (χ0) is 15.3. The maximum Gasteiger partial charge on any atom is 0.223 e. The molecule has 2 fully saturated rings. The van der Waals surface area contributed by atoms with Gasteiger partial charge in [0.05, 0.1) is 0 Å². The summed E-state index contributed by atoms with van der Waals surface area (Å²) in [6.45, 7) is 2.23. The fourth-order valence-electron chi connectivity index (χ4n) is 3.95. The van der Waals surface area contributed by atoms with Gasteiger partial charge in [0.15, 0.2) is 0 Å². The topological polar surface area (TPSA) is 38.3 Å². The third-order valence-corrected chi connectivity index (χ3v) is 5.39. The fraction of sp³-hybridized carbons (Fsp3) is 0.632. The Kier molecular flexibility index (Phi) is 5.14. The van der Waals surface area contributed by atoms with E-state index in [-0.39, 0.29) is 17.2 Å². The Labute approximate surface area is 133 Å². The molecule has 22 heavy (non-hydrogen) atoms. The SMILES string of the molecule is O=C(NCC1(c2ccccc2)CCCCC1)C1CCOCC1. The summed E-state index contributed by atoms with van der Waals surface area (Å²) in [5.74, 6) is 0.370. The predicted molar refractivity (Wildman–Crippen MR) is 87.8 cm³/mol. The Morgan fingerprint density at radius 3 is 2.45 bits per heavy atom. The molecule has 1 heterocycles. The smallest absolute Gasteiger partial charge is 0.223 e.